The predicted molar refractivity (Wildman–Crippen MR) is 46.4 cm³/mol. The number of rotatable bonds is 2. The zero-order chi connectivity index (χ0) is 9.19. The maximum Gasteiger partial charge on any atom is 0.222 e. The fourth-order valence-corrected chi connectivity index (χ4v) is 1.87. The number of hydrogen-bond acceptors (Lipinski definition) is 2. The van der Waals surface area contributed by atoms with Crippen LogP contribution in [0, 0.1) is 5.41 Å². The lowest BCUT2D eigenvalue weighted by Gasteiger charge is -2.40. The summed E-state index contributed by atoms with van der Waals surface area (Å²) in [7, 11) is 0. The molecular weight excluding hydrogens is 154 g/mol. The largest absolute Gasteiger partial charge is 0.373 e. The average molecular weight is 171 g/mol. The van der Waals surface area contributed by atoms with E-state index in [1.807, 2.05) is 0 Å². The molecule has 0 aliphatic carbocycles. The van der Waals surface area contributed by atoms with Gasteiger partial charge < -0.3 is 10.4 Å². The van der Waals surface area contributed by atoms with Crippen LogP contribution in [0.15, 0.2) is 0 Å². The second-order valence-corrected chi connectivity index (χ2v) is 3.54. The highest BCUT2D eigenvalue weighted by molar-refractivity contribution is 5.77. The number of aliphatic hydroxyl groups excluding tert-OH is 1. The second-order valence-electron chi connectivity index (χ2n) is 3.54. The minimum atomic E-state index is -0.645. The van der Waals surface area contributed by atoms with Gasteiger partial charge in [-0.3, -0.25) is 4.79 Å². The Kier molecular flexibility index (Phi) is 2.73. The summed E-state index contributed by atoms with van der Waals surface area (Å²) in [5.74, 6) is -0.0278. The molecule has 12 heavy (non-hydrogen) atoms. The Balaban J connectivity index is 2.70. The Morgan fingerprint density at radius 3 is 2.58 bits per heavy atom. The van der Waals surface area contributed by atoms with Crippen LogP contribution in [-0.4, -0.2) is 17.2 Å². The summed E-state index contributed by atoms with van der Waals surface area (Å²) in [6.45, 7) is 4.12. The van der Waals surface area contributed by atoms with E-state index in [1.54, 1.807) is 0 Å². The van der Waals surface area contributed by atoms with Gasteiger partial charge in [0.1, 0.15) is 6.23 Å². The van der Waals surface area contributed by atoms with Crippen molar-refractivity contribution in [1.82, 2.24) is 5.32 Å². The number of piperidine rings is 1. The molecule has 1 aliphatic rings. The van der Waals surface area contributed by atoms with Gasteiger partial charge in [-0.05, 0) is 19.3 Å². The molecule has 1 rings (SSSR count). The Morgan fingerprint density at radius 2 is 2.17 bits per heavy atom. The number of amides is 1. The molecule has 0 saturated carbocycles. The van der Waals surface area contributed by atoms with Gasteiger partial charge in [-0.15, -0.1) is 0 Å². The Morgan fingerprint density at radius 1 is 1.58 bits per heavy atom. The molecule has 1 saturated heterocycles. The minimum absolute atomic E-state index is 0.0278. The van der Waals surface area contributed by atoms with E-state index in [2.05, 4.69) is 19.2 Å². The van der Waals surface area contributed by atoms with Gasteiger partial charge in [0.25, 0.3) is 0 Å². The first-order valence-electron chi connectivity index (χ1n) is 4.62. The fraction of sp³-hybridized carbons (Fsp3) is 0.889. The van der Waals surface area contributed by atoms with Crippen LogP contribution in [0.2, 0.25) is 0 Å². The number of carbonyl (C=O) groups is 1. The molecule has 1 fully saturated rings. The SMILES string of the molecule is CCC1(CC)CCC(=O)NC1O. The highest BCUT2D eigenvalue weighted by Crippen LogP contribution is 2.37. The molecule has 0 aromatic carbocycles. The van der Waals surface area contributed by atoms with Crippen LogP contribution in [0.4, 0.5) is 0 Å². The van der Waals surface area contributed by atoms with Crippen LogP contribution >= 0.6 is 0 Å². The highest BCUT2D eigenvalue weighted by atomic mass is 16.3. The van der Waals surface area contributed by atoms with Crippen molar-refractivity contribution in [2.75, 3.05) is 0 Å². The highest BCUT2D eigenvalue weighted by Gasteiger charge is 2.39. The maximum absolute atomic E-state index is 10.9. The van der Waals surface area contributed by atoms with E-state index < -0.39 is 6.23 Å². The molecule has 1 atom stereocenters. The molecule has 1 amide bonds. The van der Waals surface area contributed by atoms with Crippen LogP contribution in [0.1, 0.15) is 39.5 Å². The lowest BCUT2D eigenvalue weighted by atomic mass is 9.74. The van der Waals surface area contributed by atoms with Gasteiger partial charge in [0, 0.05) is 11.8 Å². The summed E-state index contributed by atoms with van der Waals surface area (Å²) >= 11 is 0. The third-order valence-corrected chi connectivity index (χ3v) is 3.14. The van der Waals surface area contributed by atoms with Gasteiger partial charge in [0.2, 0.25) is 5.91 Å². The summed E-state index contributed by atoms with van der Waals surface area (Å²) in [4.78, 5) is 10.9. The molecule has 3 heteroatoms. The van der Waals surface area contributed by atoms with E-state index in [4.69, 9.17) is 0 Å². The molecular formula is C9H17NO2. The molecule has 2 N–H and O–H groups in total. The van der Waals surface area contributed by atoms with Crippen LogP contribution in [-0.2, 0) is 4.79 Å². The second kappa shape index (κ2) is 3.44. The van der Waals surface area contributed by atoms with E-state index in [9.17, 15) is 9.90 Å². The predicted octanol–water partition coefficient (Wildman–Crippen LogP) is 1.02. The monoisotopic (exact) mass is 171 g/mol. The maximum atomic E-state index is 10.9. The van der Waals surface area contributed by atoms with Crippen molar-refractivity contribution in [3.8, 4) is 0 Å². The van der Waals surface area contributed by atoms with Gasteiger partial charge in [-0.1, -0.05) is 13.8 Å². The molecule has 1 heterocycles. The number of carbonyl (C=O) groups excluding carboxylic acids is 1. The first-order valence-corrected chi connectivity index (χ1v) is 4.62. The number of hydrogen-bond donors (Lipinski definition) is 2. The van der Waals surface area contributed by atoms with Crippen LogP contribution in [0.5, 0.6) is 0 Å². The fourth-order valence-electron chi connectivity index (χ4n) is 1.87. The summed E-state index contributed by atoms with van der Waals surface area (Å²) in [5.41, 5.74) is -0.0755. The zero-order valence-corrected chi connectivity index (χ0v) is 7.76. The Labute approximate surface area is 73.2 Å². The molecule has 1 unspecified atom stereocenters. The van der Waals surface area contributed by atoms with E-state index in [0.29, 0.717) is 6.42 Å². The van der Waals surface area contributed by atoms with Crippen molar-refractivity contribution in [3.05, 3.63) is 0 Å². The van der Waals surface area contributed by atoms with Crippen molar-refractivity contribution in [3.63, 3.8) is 0 Å². The number of aliphatic hydroxyl groups is 1. The van der Waals surface area contributed by atoms with E-state index >= 15 is 0 Å². The standard InChI is InChI=1S/C9H17NO2/c1-3-9(4-2)6-5-7(11)10-8(9)12/h8,12H,3-6H2,1-2H3,(H,10,11). The zero-order valence-electron chi connectivity index (χ0n) is 7.76. The first kappa shape index (κ1) is 9.52. The quantitative estimate of drug-likeness (QED) is 0.651. The lowest BCUT2D eigenvalue weighted by molar-refractivity contribution is -0.135. The van der Waals surface area contributed by atoms with Gasteiger partial charge in [-0.2, -0.15) is 0 Å². The number of nitrogens with one attached hydrogen (secondary N) is 1. The molecule has 0 radical (unpaired) electrons. The van der Waals surface area contributed by atoms with Crippen LogP contribution < -0.4 is 5.32 Å². The third kappa shape index (κ3) is 1.46. The molecule has 0 bridgehead atoms. The molecule has 1 aliphatic heterocycles. The van der Waals surface area contributed by atoms with E-state index in [1.165, 1.54) is 0 Å². The molecule has 3 nitrogen and oxygen atoms in total. The van der Waals surface area contributed by atoms with E-state index in [-0.39, 0.29) is 11.3 Å². The van der Waals surface area contributed by atoms with Crippen molar-refractivity contribution >= 4 is 5.91 Å². The van der Waals surface area contributed by atoms with Gasteiger partial charge in [0.05, 0.1) is 0 Å². The lowest BCUT2D eigenvalue weighted by Crippen LogP contribution is -2.51. The smallest absolute Gasteiger partial charge is 0.222 e. The molecule has 70 valence electrons. The average Bonchev–Trinajstić information content (AvgIpc) is 2.06. The summed E-state index contributed by atoms with van der Waals surface area (Å²) in [5, 5.41) is 12.2. The Hall–Kier alpha value is -0.570. The van der Waals surface area contributed by atoms with Gasteiger partial charge in [-0.25, -0.2) is 0 Å². The van der Waals surface area contributed by atoms with Crippen molar-refractivity contribution < 1.29 is 9.90 Å². The molecule has 0 spiro atoms. The first-order chi connectivity index (χ1) is 5.64. The van der Waals surface area contributed by atoms with Crippen LogP contribution in [0.25, 0.3) is 0 Å². The normalized spacial score (nSPS) is 28.2. The van der Waals surface area contributed by atoms with Gasteiger partial charge >= 0.3 is 0 Å². The molecule has 0 aromatic rings. The Bertz CT molecular complexity index is 175. The summed E-state index contributed by atoms with van der Waals surface area (Å²) in [6.07, 6.45) is 2.57. The third-order valence-electron chi connectivity index (χ3n) is 3.14. The minimum Gasteiger partial charge on any atom is -0.373 e. The summed E-state index contributed by atoms with van der Waals surface area (Å²) in [6, 6.07) is 0. The molecule has 0 aromatic heterocycles. The van der Waals surface area contributed by atoms with Crippen molar-refractivity contribution in [2.24, 2.45) is 5.41 Å². The van der Waals surface area contributed by atoms with E-state index in [0.717, 1.165) is 19.3 Å². The van der Waals surface area contributed by atoms with Crippen molar-refractivity contribution in [1.29, 1.82) is 0 Å². The summed E-state index contributed by atoms with van der Waals surface area (Å²) < 4.78 is 0. The van der Waals surface area contributed by atoms with Gasteiger partial charge in [0.15, 0.2) is 0 Å². The topological polar surface area (TPSA) is 49.3 Å². The van der Waals surface area contributed by atoms with Crippen molar-refractivity contribution in [2.45, 2.75) is 45.8 Å². The van der Waals surface area contributed by atoms with Crippen LogP contribution in [0.3, 0.4) is 0 Å².